The van der Waals surface area contributed by atoms with E-state index in [9.17, 15) is 0 Å². The molecule has 0 aromatic heterocycles. The molecule has 1 atom stereocenters. The lowest BCUT2D eigenvalue weighted by atomic mass is 10.2. The molecule has 0 spiro atoms. The molecule has 1 aliphatic heterocycles. The topological polar surface area (TPSA) is 36.8 Å². The van der Waals surface area contributed by atoms with Gasteiger partial charge >= 0.3 is 0 Å². The summed E-state index contributed by atoms with van der Waals surface area (Å²) in [5.41, 5.74) is 5.05. The number of hydrogen-bond donors (Lipinski definition) is 1. The number of benzene rings is 1. The summed E-state index contributed by atoms with van der Waals surface area (Å²) in [7, 11) is 0. The van der Waals surface area contributed by atoms with Gasteiger partial charge in [-0.25, -0.2) is 0 Å². The monoisotopic (exact) mass is 187 g/mol. The molecule has 0 radical (unpaired) electrons. The lowest BCUT2D eigenvalue weighted by Crippen LogP contribution is -2.30. The smallest absolute Gasteiger partial charge is 0.149 e. The summed E-state index contributed by atoms with van der Waals surface area (Å²) < 4.78 is 0. The van der Waals surface area contributed by atoms with Gasteiger partial charge in [0.25, 0.3) is 0 Å². The van der Waals surface area contributed by atoms with Crippen LogP contribution in [0, 0.1) is 0 Å². The summed E-state index contributed by atoms with van der Waals surface area (Å²) in [5, 5.41) is 4.20. The van der Waals surface area contributed by atoms with Crippen molar-refractivity contribution in [3.63, 3.8) is 0 Å². The summed E-state index contributed by atoms with van der Waals surface area (Å²) in [4.78, 5) is 4.51. The molecule has 0 saturated carbocycles. The summed E-state index contributed by atoms with van der Waals surface area (Å²) in [6.07, 6.45) is 0. The third kappa shape index (κ3) is 1.66. The van der Waals surface area contributed by atoms with Crippen LogP contribution in [0.25, 0.3) is 0 Å². The van der Waals surface area contributed by atoms with Crippen molar-refractivity contribution >= 4 is 11.5 Å². The van der Waals surface area contributed by atoms with Crippen LogP contribution in [0.3, 0.4) is 0 Å². The van der Waals surface area contributed by atoms with Crippen LogP contribution in [0.2, 0.25) is 0 Å². The fourth-order valence-electron chi connectivity index (χ4n) is 1.29. The Labute approximate surface area is 83.6 Å². The van der Waals surface area contributed by atoms with E-state index in [0.29, 0.717) is 0 Å². The van der Waals surface area contributed by atoms with Gasteiger partial charge in [-0.15, -0.1) is 0 Å². The molecule has 14 heavy (non-hydrogen) atoms. The Kier molecular flexibility index (Phi) is 2.31. The highest BCUT2D eigenvalue weighted by Crippen LogP contribution is 2.06. The van der Waals surface area contributed by atoms with Gasteiger partial charge in [0.1, 0.15) is 5.84 Å². The molecule has 0 saturated heterocycles. The molecule has 0 bridgehead atoms. The molecular formula is C11H13N3. The van der Waals surface area contributed by atoms with Crippen molar-refractivity contribution in [1.29, 1.82) is 0 Å². The van der Waals surface area contributed by atoms with Gasteiger partial charge in [0.2, 0.25) is 0 Å². The van der Waals surface area contributed by atoms with Crippen LogP contribution in [0.15, 0.2) is 40.4 Å². The predicted molar refractivity (Wildman–Crippen MR) is 58.7 cm³/mol. The highest BCUT2D eigenvalue weighted by atomic mass is 15.3. The third-order valence-corrected chi connectivity index (χ3v) is 2.31. The Morgan fingerprint density at radius 3 is 2.57 bits per heavy atom. The van der Waals surface area contributed by atoms with Crippen molar-refractivity contribution in [1.82, 2.24) is 5.43 Å². The quantitative estimate of drug-likeness (QED) is 0.715. The average Bonchev–Trinajstić information content (AvgIpc) is 2.23. The standard InChI is InChI=1S/C11H13N3/c1-8-9(2)13-14-11(12-8)10-6-4-3-5-7-10/h3-8H,1-2H3,(H,12,14). The van der Waals surface area contributed by atoms with Gasteiger partial charge in [0, 0.05) is 5.56 Å². The summed E-state index contributed by atoms with van der Waals surface area (Å²) in [5.74, 6) is 0.851. The van der Waals surface area contributed by atoms with Crippen LogP contribution in [-0.4, -0.2) is 17.6 Å². The van der Waals surface area contributed by atoms with Crippen LogP contribution in [0.4, 0.5) is 0 Å². The van der Waals surface area contributed by atoms with Gasteiger partial charge in [-0.1, -0.05) is 30.3 Å². The van der Waals surface area contributed by atoms with Crippen molar-refractivity contribution < 1.29 is 0 Å². The zero-order valence-corrected chi connectivity index (χ0v) is 8.36. The molecule has 1 unspecified atom stereocenters. The van der Waals surface area contributed by atoms with E-state index in [1.165, 1.54) is 0 Å². The number of nitrogens with zero attached hydrogens (tertiary/aromatic N) is 2. The fraction of sp³-hybridized carbons (Fsp3) is 0.273. The van der Waals surface area contributed by atoms with Crippen LogP contribution in [-0.2, 0) is 0 Å². The van der Waals surface area contributed by atoms with Crippen LogP contribution in [0.5, 0.6) is 0 Å². The zero-order chi connectivity index (χ0) is 9.97. The Bertz CT molecular complexity index is 379. The maximum Gasteiger partial charge on any atom is 0.149 e. The van der Waals surface area contributed by atoms with Gasteiger partial charge in [0.05, 0.1) is 11.8 Å². The lowest BCUT2D eigenvalue weighted by Gasteiger charge is -2.16. The molecule has 0 aliphatic carbocycles. The molecule has 1 aliphatic rings. The molecule has 1 heterocycles. The predicted octanol–water partition coefficient (Wildman–Crippen LogP) is 1.80. The van der Waals surface area contributed by atoms with Gasteiger partial charge < -0.3 is 0 Å². The van der Waals surface area contributed by atoms with E-state index >= 15 is 0 Å². The highest BCUT2D eigenvalue weighted by Gasteiger charge is 2.12. The second kappa shape index (κ2) is 3.62. The molecule has 1 aromatic carbocycles. The number of aliphatic imine (C=N–C) groups is 1. The van der Waals surface area contributed by atoms with Crippen molar-refractivity contribution in [3.05, 3.63) is 35.9 Å². The number of nitrogens with one attached hydrogen (secondary N) is 1. The highest BCUT2D eigenvalue weighted by molar-refractivity contribution is 6.03. The lowest BCUT2D eigenvalue weighted by molar-refractivity contribution is 0.864. The largest absolute Gasteiger partial charge is 0.261 e. The molecule has 3 heteroatoms. The van der Waals surface area contributed by atoms with E-state index in [-0.39, 0.29) is 6.04 Å². The first-order valence-corrected chi connectivity index (χ1v) is 4.71. The first kappa shape index (κ1) is 8.94. The Morgan fingerprint density at radius 1 is 1.21 bits per heavy atom. The number of rotatable bonds is 1. The molecule has 1 N–H and O–H groups in total. The van der Waals surface area contributed by atoms with E-state index in [4.69, 9.17) is 0 Å². The number of hydrogen-bond acceptors (Lipinski definition) is 3. The van der Waals surface area contributed by atoms with Gasteiger partial charge in [-0.3, -0.25) is 10.4 Å². The summed E-state index contributed by atoms with van der Waals surface area (Å²) in [6.45, 7) is 4.02. The normalized spacial score (nSPS) is 20.9. The van der Waals surface area contributed by atoms with E-state index in [2.05, 4.69) is 15.5 Å². The fourth-order valence-corrected chi connectivity index (χ4v) is 1.29. The summed E-state index contributed by atoms with van der Waals surface area (Å²) in [6, 6.07) is 10.2. The maximum atomic E-state index is 4.51. The SMILES string of the molecule is CC1=NNC(c2ccccc2)=NC1C. The molecule has 0 amide bonds. The van der Waals surface area contributed by atoms with E-state index < -0.39 is 0 Å². The second-order valence-electron chi connectivity index (χ2n) is 3.38. The minimum atomic E-state index is 0.173. The Morgan fingerprint density at radius 2 is 1.93 bits per heavy atom. The Balaban J connectivity index is 2.27. The number of amidine groups is 1. The van der Waals surface area contributed by atoms with E-state index in [0.717, 1.165) is 17.1 Å². The summed E-state index contributed by atoms with van der Waals surface area (Å²) >= 11 is 0. The van der Waals surface area contributed by atoms with Crippen molar-refractivity contribution in [2.24, 2.45) is 10.1 Å². The molecular weight excluding hydrogens is 174 g/mol. The van der Waals surface area contributed by atoms with Gasteiger partial charge in [-0.2, -0.15) is 5.10 Å². The molecule has 72 valence electrons. The van der Waals surface area contributed by atoms with Gasteiger partial charge in [0.15, 0.2) is 0 Å². The van der Waals surface area contributed by atoms with Crippen LogP contribution >= 0.6 is 0 Å². The van der Waals surface area contributed by atoms with Crippen molar-refractivity contribution in [2.75, 3.05) is 0 Å². The second-order valence-corrected chi connectivity index (χ2v) is 3.38. The van der Waals surface area contributed by atoms with E-state index in [1.54, 1.807) is 0 Å². The molecule has 1 aromatic rings. The maximum absolute atomic E-state index is 4.51. The average molecular weight is 187 g/mol. The van der Waals surface area contributed by atoms with Gasteiger partial charge in [-0.05, 0) is 13.8 Å². The first-order valence-electron chi connectivity index (χ1n) is 4.71. The Hall–Kier alpha value is -1.64. The zero-order valence-electron chi connectivity index (χ0n) is 8.36. The molecule has 3 nitrogen and oxygen atoms in total. The molecule has 2 rings (SSSR count). The van der Waals surface area contributed by atoms with Crippen LogP contribution < -0.4 is 5.43 Å². The van der Waals surface area contributed by atoms with Crippen LogP contribution in [0.1, 0.15) is 19.4 Å². The van der Waals surface area contributed by atoms with Crippen molar-refractivity contribution in [2.45, 2.75) is 19.9 Å². The minimum absolute atomic E-state index is 0.173. The molecule has 0 fully saturated rings. The first-order chi connectivity index (χ1) is 6.77. The van der Waals surface area contributed by atoms with Crippen molar-refractivity contribution in [3.8, 4) is 0 Å². The number of hydrazone groups is 1. The van der Waals surface area contributed by atoms with E-state index in [1.807, 2.05) is 44.2 Å². The third-order valence-electron chi connectivity index (χ3n) is 2.31. The minimum Gasteiger partial charge on any atom is -0.261 e.